The minimum Gasteiger partial charge on any atom is -0.486 e. The van der Waals surface area contributed by atoms with Gasteiger partial charge in [-0.2, -0.15) is 0 Å². The Morgan fingerprint density at radius 2 is 1.86 bits per heavy atom. The highest BCUT2D eigenvalue weighted by Gasteiger charge is 2.39. The second-order valence-corrected chi connectivity index (χ2v) is 9.78. The number of β-amino-alcohol motifs (C(OH)–C–C–N with tert-alkyl or cyclic N) is 1. The van der Waals surface area contributed by atoms with Crippen molar-refractivity contribution in [1.29, 1.82) is 0 Å². The molecule has 1 saturated heterocycles. The molecule has 184 valence electrons. The molecular weight excluding hydrogens is 490 g/mol. The summed E-state index contributed by atoms with van der Waals surface area (Å²) in [4.78, 5) is 33.5. The average Bonchev–Trinajstić information content (AvgIpc) is 3.44. The van der Waals surface area contributed by atoms with Crippen LogP contribution in [0.1, 0.15) is 25.9 Å². The molecule has 35 heavy (non-hydrogen) atoms. The van der Waals surface area contributed by atoms with Crippen LogP contribution >= 0.6 is 22.9 Å². The maximum atomic E-state index is 13.2. The molecule has 0 spiro atoms. The highest BCUT2D eigenvalue weighted by molar-refractivity contribution is 7.13. The monoisotopic (exact) mass is 515 g/mol. The van der Waals surface area contributed by atoms with Gasteiger partial charge in [0.15, 0.2) is 0 Å². The maximum absolute atomic E-state index is 13.2. The van der Waals surface area contributed by atoms with E-state index >= 15 is 0 Å². The van der Waals surface area contributed by atoms with Gasteiger partial charge >= 0.3 is 6.09 Å². The molecule has 2 heterocycles. The first-order valence-electron chi connectivity index (χ1n) is 11.1. The van der Waals surface area contributed by atoms with Crippen molar-refractivity contribution in [2.75, 3.05) is 20.1 Å². The smallest absolute Gasteiger partial charge is 0.410 e. The van der Waals surface area contributed by atoms with E-state index in [1.165, 1.54) is 21.1 Å². The van der Waals surface area contributed by atoms with Crippen LogP contribution in [-0.4, -0.2) is 64.2 Å². The van der Waals surface area contributed by atoms with Gasteiger partial charge in [-0.15, -0.1) is 11.3 Å². The third-order valence-electron chi connectivity index (χ3n) is 5.75. The van der Waals surface area contributed by atoms with Crippen LogP contribution in [0, 0.1) is 6.92 Å². The molecule has 4 rings (SSSR count). The Morgan fingerprint density at radius 1 is 1.14 bits per heavy atom. The Labute approximate surface area is 212 Å². The summed E-state index contributed by atoms with van der Waals surface area (Å²) in [6.07, 6.45) is -1.40. The topological polar surface area (TPSA) is 92.2 Å². The third kappa shape index (κ3) is 6.11. The van der Waals surface area contributed by atoms with Crippen LogP contribution in [0.4, 0.5) is 4.79 Å². The van der Waals surface area contributed by atoms with Gasteiger partial charge in [-0.1, -0.05) is 41.9 Å². The molecule has 2 atom stereocenters. The Kier molecular flexibility index (Phi) is 7.90. The molecule has 0 bridgehead atoms. The normalized spacial score (nSPS) is 17.3. The molecule has 0 aliphatic carbocycles. The molecule has 0 saturated carbocycles. The van der Waals surface area contributed by atoms with Crippen molar-refractivity contribution >= 4 is 34.9 Å². The lowest BCUT2D eigenvalue weighted by Gasteiger charge is -2.26. The van der Waals surface area contributed by atoms with E-state index in [1.807, 2.05) is 30.3 Å². The average molecular weight is 516 g/mol. The van der Waals surface area contributed by atoms with E-state index in [-0.39, 0.29) is 32.2 Å². The molecule has 3 aromatic rings. The fraction of sp³-hybridized carbons (Fsp3) is 0.320. The lowest BCUT2D eigenvalue weighted by molar-refractivity contribution is 0.0584. The number of carbonyl (C=O) groups excluding carboxylic acids is 2. The van der Waals surface area contributed by atoms with E-state index in [0.29, 0.717) is 26.4 Å². The Bertz CT molecular complexity index is 1170. The molecular formula is C25H26ClN3O5S. The lowest BCUT2D eigenvalue weighted by Crippen LogP contribution is -2.44. The second kappa shape index (κ2) is 11.1. The predicted octanol–water partition coefficient (Wildman–Crippen LogP) is 4.14. The highest BCUT2D eigenvalue weighted by Crippen LogP contribution is 2.25. The number of hydrogen-bond donors (Lipinski definition) is 1. The number of aliphatic hydroxyl groups is 1. The van der Waals surface area contributed by atoms with Crippen LogP contribution in [0.2, 0.25) is 5.02 Å². The summed E-state index contributed by atoms with van der Waals surface area (Å²) >= 11 is 7.15. The quantitative estimate of drug-likeness (QED) is 0.508. The van der Waals surface area contributed by atoms with E-state index in [2.05, 4.69) is 4.98 Å². The van der Waals surface area contributed by atoms with Crippen molar-refractivity contribution in [3.63, 3.8) is 0 Å². The van der Waals surface area contributed by atoms with E-state index in [4.69, 9.17) is 21.1 Å². The number of benzene rings is 2. The molecule has 1 fully saturated rings. The molecule has 0 unspecified atom stereocenters. The Hall–Kier alpha value is -3.14. The van der Waals surface area contributed by atoms with Gasteiger partial charge in [0.1, 0.15) is 28.8 Å². The molecule has 8 nitrogen and oxygen atoms in total. The molecule has 2 amide bonds. The van der Waals surface area contributed by atoms with Crippen molar-refractivity contribution in [2.45, 2.75) is 32.3 Å². The van der Waals surface area contributed by atoms with Gasteiger partial charge in [-0.3, -0.25) is 4.79 Å². The highest BCUT2D eigenvalue weighted by atomic mass is 35.5. The van der Waals surface area contributed by atoms with Crippen molar-refractivity contribution in [1.82, 2.24) is 14.8 Å². The Morgan fingerprint density at radius 3 is 2.57 bits per heavy atom. The number of aryl methyl sites for hydroxylation is 1. The van der Waals surface area contributed by atoms with Crippen LogP contribution in [0.3, 0.4) is 0 Å². The van der Waals surface area contributed by atoms with Gasteiger partial charge < -0.3 is 24.4 Å². The summed E-state index contributed by atoms with van der Waals surface area (Å²) in [5.74, 6) is 0.391. The summed E-state index contributed by atoms with van der Waals surface area (Å²) in [7, 11) is 1.62. The molecule has 2 aromatic carbocycles. The van der Waals surface area contributed by atoms with Gasteiger partial charge in [-0.25, -0.2) is 9.78 Å². The van der Waals surface area contributed by atoms with Crippen LogP contribution in [0.5, 0.6) is 5.75 Å². The Balaban J connectivity index is 1.34. The largest absolute Gasteiger partial charge is 0.486 e. The van der Waals surface area contributed by atoms with Crippen LogP contribution in [0.25, 0.3) is 0 Å². The second-order valence-electron chi connectivity index (χ2n) is 8.26. The number of likely N-dealkylation sites (tertiary alicyclic amines) is 1. The summed E-state index contributed by atoms with van der Waals surface area (Å²) in [6.45, 7) is 2.41. The van der Waals surface area contributed by atoms with Gasteiger partial charge in [0.25, 0.3) is 5.91 Å². The number of hydrogen-bond acceptors (Lipinski definition) is 7. The van der Waals surface area contributed by atoms with Crippen LogP contribution in [-0.2, 0) is 18.0 Å². The standard InChI is InChI=1S/C25H26ClN3O5S/c1-16-23(35-22(27-16)15-33-19-10-8-18(26)9-11-19)24(31)28(2)20-12-29(13-21(20)30)25(32)34-14-17-6-4-3-5-7-17/h3-11,20-21,30H,12-15H2,1-2H3/t20-,21-/m1/s1. The summed E-state index contributed by atoms with van der Waals surface area (Å²) in [6, 6.07) is 15.8. The number of carbonyl (C=O) groups is 2. The van der Waals surface area contributed by atoms with Crippen LogP contribution < -0.4 is 4.74 Å². The van der Waals surface area contributed by atoms with E-state index in [9.17, 15) is 14.7 Å². The zero-order chi connectivity index (χ0) is 24.9. The number of likely N-dealkylation sites (N-methyl/N-ethyl adjacent to an activating group) is 1. The summed E-state index contributed by atoms with van der Waals surface area (Å²) in [5.41, 5.74) is 1.47. The maximum Gasteiger partial charge on any atom is 0.410 e. The van der Waals surface area contributed by atoms with E-state index in [1.54, 1.807) is 38.2 Å². The predicted molar refractivity (Wildman–Crippen MR) is 133 cm³/mol. The summed E-state index contributed by atoms with van der Waals surface area (Å²) in [5, 5.41) is 11.9. The fourth-order valence-electron chi connectivity index (χ4n) is 3.81. The molecule has 1 aliphatic rings. The van der Waals surface area contributed by atoms with Gasteiger partial charge in [-0.05, 0) is 36.8 Å². The number of halogens is 1. The van der Waals surface area contributed by atoms with Crippen molar-refractivity contribution in [2.24, 2.45) is 0 Å². The fourth-order valence-corrected chi connectivity index (χ4v) is 4.90. The zero-order valence-electron chi connectivity index (χ0n) is 19.4. The number of ether oxygens (including phenoxy) is 2. The number of thiazole rings is 1. The first-order valence-corrected chi connectivity index (χ1v) is 12.3. The van der Waals surface area contributed by atoms with E-state index < -0.39 is 18.2 Å². The number of aromatic nitrogens is 1. The third-order valence-corrected chi connectivity index (χ3v) is 7.12. The molecule has 10 heteroatoms. The van der Waals surface area contributed by atoms with Crippen molar-refractivity contribution in [3.05, 3.63) is 80.8 Å². The number of amides is 2. The van der Waals surface area contributed by atoms with Crippen LogP contribution in [0.15, 0.2) is 54.6 Å². The zero-order valence-corrected chi connectivity index (χ0v) is 21.0. The number of rotatable bonds is 7. The van der Waals surface area contributed by atoms with E-state index in [0.717, 1.165) is 5.56 Å². The van der Waals surface area contributed by atoms with Gasteiger partial charge in [0.2, 0.25) is 0 Å². The molecule has 1 aliphatic heterocycles. The first kappa shape index (κ1) is 25.0. The summed E-state index contributed by atoms with van der Waals surface area (Å²) < 4.78 is 11.1. The van der Waals surface area contributed by atoms with Crippen molar-refractivity contribution < 1.29 is 24.2 Å². The van der Waals surface area contributed by atoms with Crippen molar-refractivity contribution in [3.8, 4) is 5.75 Å². The number of aliphatic hydroxyl groups excluding tert-OH is 1. The SMILES string of the molecule is Cc1nc(COc2ccc(Cl)cc2)sc1C(=O)N(C)[C@@H]1CN(C(=O)OCc2ccccc2)C[C@H]1O. The molecule has 0 radical (unpaired) electrons. The van der Waals surface area contributed by atoms with Gasteiger partial charge in [0, 0.05) is 18.6 Å². The minimum absolute atomic E-state index is 0.0950. The molecule has 1 N–H and O–H groups in total. The lowest BCUT2D eigenvalue weighted by atomic mass is 10.2. The first-order chi connectivity index (χ1) is 16.8. The number of nitrogens with zero attached hydrogens (tertiary/aromatic N) is 3. The minimum atomic E-state index is -0.880. The molecule has 1 aromatic heterocycles. The van der Waals surface area contributed by atoms with Gasteiger partial charge in [0.05, 0.1) is 24.4 Å².